The van der Waals surface area contributed by atoms with Crippen LogP contribution in [0.25, 0.3) is 26.4 Å². The van der Waals surface area contributed by atoms with Crippen molar-refractivity contribution in [2.24, 2.45) is 0 Å². The maximum atomic E-state index is 6.21. The molecule has 4 aromatic rings. The zero-order valence-electron chi connectivity index (χ0n) is 10.2. The highest BCUT2D eigenvalue weighted by Crippen LogP contribution is 2.33. The van der Waals surface area contributed by atoms with Crippen molar-refractivity contribution in [1.29, 1.82) is 0 Å². The standard InChI is InChI=1S/C11H7ClN6S2/c1-5-7(12)8(14-13-5)10-17-18-9(6-3-2-4-19-6)15-16-11(18)20-10/h2-4H,1H3,(H,13,14). The number of aromatic amines is 1. The number of hydrogen-bond donors (Lipinski definition) is 1. The monoisotopic (exact) mass is 322 g/mol. The first-order valence-electron chi connectivity index (χ1n) is 5.71. The van der Waals surface area contributed by atoms with Gasteiger partial charge in [0.25, 0.3) is 0 Å². The zero-order chi connectivity index (χ0) is 13.7. The van der Waals surface area contributed by atoms with E-state index in [1.165, 1.54) is 11.3 Å². The van der Waals surface area contributed by atoms with E-state index in [9.17, 15) is 0 Å². The predicted octanol–water partition coefficient (Wildman–Crippen LogP) is 3.27. The van der Waals surface area contributed by atoms with Crippen LogP contribution in [0.2, 0.25) is 5.02 Å². The predicted molar refractivity (Wildman–Crippen MR) is 79.3 cm³/mol. The third-order valence-electron chi connectivity index (χ3n) is 2.81. The first-order chi connectivity index (χ1) is 9.74. The van der Waals surface area contributed by atoms with Gasteiger partial charge in [-0.25, -0.2) is 0 Å². The summed E-state index contributed by atoms with van der Waals surface area (Å²) in [6.45, 7) is 1.87. The maximum absolute atomic E-state index is 6.21. The molecule has 0 bridgehead atoms. The molecule has 100 valence electrons. The summed E-state index contributed by atoms with van der Waals surface area (Å²) in [6, 6.07) is 3.97. The second-order valence-electron chi connectivity index (χ2n) is 4.11. The van der Waals surface area contributed by atoms with Crippen LogP contribution in [0.4, 0.5) is 0 Å². The third kappa shape index (κ3) is 1.69. The molecule has 0 spiro atoms. The van der Waals surface area contributed by atoms with E-state index in [1.54, 1.807) is 15.9 Å². The molecule has 4 aromatic heterocycles. The van der Waals surface area contributed by atoms with Crippen molar-refractivity contribution < 1.29 is 0 Å². The lowest BCUT2D eigenvalue weighted by molar-refractivity contribution is 0.965. The third-order valence-corrected chi connectivity index (χ3v) is 5.04. The van der Waals surface area contributed by atoms with Crippen LogP contribution >= 0.6 is 34.3 Å². The summed E-state index contributed by atoms with van der Waals surface area (Å²) >= 11 is 9.22. The number of nitrogens with one attached hydrogen (secondary N) is 1. The number of fused-ring (bicyclic) bond motifs is 1. The van der Waals surface area contributed by atoms with Gasteiger partial charge in [0.2, 0.25) is 4.96 Å². The molecule has 0 aliphatic rings. The summed E-state index contributed by atoms with van der Waals surface area (Å²) in [6.07, 6.45) is 0. The fourth-order valence-corrected chi connectivity index (χ4v) is 3.59. The van der Waals surface area contributed by atoms with Crippen molar-refractivity contribution in [2.45, 2.75) is 6.92 Å². The molecule has 6 nitrogen and oxygen atoms in total. The molecular weight excluding hydrogens is 316 g/mol. The number of aromatic nitrogens is 6. The van der Waals surface area contributed by atoms with Gasteiger partial charge in [-0.1, -0.05) is 29.0 Å². The molecule has 0 aromatic carbocycles. The summed E-state index contributed by atoms with van der Waals surface area (Å²) in [7, 11) is 0. The number of hydrogen-bond acceptors (Lipinski definition) is 6. The maximum Gasteiger partial charge on any atom is 0.235 e. The van der Waals surface area contributed by atoms with E-state index in [0.29, 0.717) is 10.7 Å². The van der Waals surface area contributed by atoms with E-state index in [1.807, 2.05) is 24.4 Å². The SMILES string of the molecule is Cc1[nH]nc(-c2nn3c(-c4cccs4)nnc3s2)c1Cl. The van der Waals surface area contributed by atoms with Gasteiger partial charge < -0.3 is 0 Å². The highest BCUT2D eigenvalue weighted by molar-refractivity contribution is 7.20. The van der Waals surface area contributed by atoms with Crippen molar-refractivity contribution in [2.75, 3.05) is 0 Å². The molecule has 0 atom stereocenters. The van der Waals surface area contributed by atoms with Crippen molar-refractivity contribution in [3.63, 3.8) is 0 Å². The fourth-order valence-electron chi connectivity index (χ4n) is 1.83. The summed E-state index contributed by atoms with van der Waals surface area (Å²) in [5.41, 5.74) is 1.47. The van der Waals surface area contributed by atoms with Crippen LogP contribution < -0.4 is 0 Å². The van der Waals surface area contributed by atoms with Gasteiger partial charge in [-0.15, -0.1) is 21.5 Å². The van der Waals surface area contributed by atoms with E-state index in [0.717, 1.165) is 26.4 Å². The molecule has 0 fully saturated rings. The lowest BCUT2D eigenvalue weighted by Gasteiger charge is -1.91. The molecule has 9 heteroatoms. The second-order valence-corrected chi connectivity index (χ2v) is 6.40. The smallest absolute Gasteiger partial charge is 0.235 e. The Morgan fingerprint density at radius 1 is 1.35 bits per heavy atom. The Kier molecular flexibility index (Phi) is 2.62. The lowest BCUT2D eigenvalue weighted by atomic mass is 10.4. The van der Waals surface area contributed by atoms with Crippen molar-refractivity contribution >= 4 is 39.2 Å². The quantitative estimate of drug-likeness (QED) is 0.615. The zero-order valence-corrected chi connectivity index (χ0v) is 12.6. The minimum atomic E-state index is 0.590. The molecule has 0 saturated carbocycles. The molecule has 0 unspecified atom stereocenters. The van der Waals surface area contributed by atoms with Crippen LogP contribution in [-0.2, 0) is 0 Å². The normalized spacial score (nSPS) is 11.5. The molecule has 0 saturated heterocycles. The van der Waals surface area contributed by atoms with Gasteiger partial charge in [0.15, 0.2) is 10.8 Å². The van der Waals surface area contributed by atoms with Gasteiger partial charge in [-0.2, -0.15) is 14.7 Å². The Labute approximate surface area is 126 Å². The minimum absolute atomic E-state index is 0.590. The summed E-state index contributed by atoms with van der Waals surface area (Å²) < 4.78 is 1.73. The number of thiophene rings is 1. The Morgan fingerprint density at radius 3 is 2.95 bits per heavy atom. The summed E-state index contributed by atoms with van der Waals surface area (Å²) in [4.78, 5) is 1.75. The van der Waals surface area contributed by atoms with Gasteiger partial charge in [0.1, 0.15) is 5.69 Å². The number of nitrogens with zero attached hydrogens (tertiary/aromatic N) is 5. The van der Waals surface area contributed by atoms with Crippen molar-refractivity contribution in [3.8, 4) is 21.4 Å². The molecule has 0 amide bonds. The highest BCUT2D eigenvalue weighted by Gasteiger charge is 2.19. The molecule has 0 aliphatic carbocycles. The topological polar surface area (TPSA) is 71.8 Å². The van der Waals surface area contributed by atoms with Gasteiger partial charge in [-0.05, 0) is 18.4 Å². The molecule has 0 aliphatic heterocycles. The first kappa shape index (κ1) is 12.0. The largest absolute Gasteiger partial charge is 0.281 e. The van der Waals surface area contributed by atoms with Crippen LogP contribution in [-0.4, -0.2) is 30.0 Å². The van der Waals surface area contributed by atoms with Gasteiger partial charge in [0, 0.05) is 0 Å². The lowest BCUT2D eigenvalue weighted by Crippen LogP contribution is -1.89. The van der Waals surface area contributed by atoms with Crippen molar-refractivity contribution in [1.82, 2.24) is 30.0 Å². The molecular formula is C11H7ClN6S2. The highest BCUT2D eigenvalue weighted by atomic mass is 35.5. The number of halogens is 1. The Hall–Kier alpha value is -1.77. The fraction of sp³-hybridized carbons (Fsp3) is 0.0909. The summed E-state index contributed by atoms with van der Waals surface area (Å²) in [5.74, 6) is 0.737. The van der Waals surface area contributed by atoms with Gasteiger partial charge >= 0.3 is 0 Å². The second kappa shape index (κ2) is 4.37. The van der Waals surface area contributed by atoms with E-state index in [4.69, 9.17) is 11.6 Å². The first-order valence-corrected chi connectivity index (χ1v) is 7.78. The van der Waals surface area contributed by atoms with Crippen LogP contribution in [0.15, 0.2) is 17.5 Å². The van der Waals surface area contributed by atoms with E-state index >= 15 is 0 Å². The number of aryl methyl sites for hydroxylation is 1. The molecule has 4 heterocycles. The van der Waals surface area contributed by atoms with Crippen LogP contribution in [0.1, 0.15) is 5.69 Å². The molecule has 4 rings (SSSR count). The Balaban J connectivity index is 1.90. The average molecular weight is 323 g/mol. The number of rotatable bonds is 2. The Morgan fingerprint density at radius 2 is 2.25 bits per heavy atom. The molecule has 1 N–H and O–H groups in total. The van der Waals surface area contributed by atoms with E-state index in [-0.39, 0.29) is 0 Å². The van der Waals surface area contributed by atoms with E-state index in [2.05, 4.69) is 25.5 Å². The van der Waals surface area contributed by atoms with Gasteiger partial charge in [-0.3, -0.25) is 5.10 Å². The summed E-state index contributed by atoms with van der Waals surface area (Å²) in [5, 5.41) is 23.2. The number of H-pyrrole nitrogens is 1. The Bertz CT molecular complexity index is 888. The minimum Gasteiger partial charge on any atom is -0.281 e. The van der Waals surface area contributed by atoms with Crippen molar-refractivity contribution in [3.05, 3.63) is 28.2 Å². The average Bonchev–Trinajstić information content (AvgIpc) is 3.15. The molecule has 0 radical (unpaired) electrons. The van der Waals surface area contributed by atoms with Crippen LogP contribution in [0.3, 0.4) is 0 Å². The van der Waals surface area contributed by atoms with Crippen LogP contribution in [0.5, 0.6) is 0 Å². The molecule has 20 heavy (non-hydrogen) atoms. The van der Waals surface area contributed by atoms with E-state index < -0.39 is 0 Å². The van der Waals surface area contributed by atoms with Gasteiger partial charge in [0.05, 0.1) is 15.6 Å². The van der Waals surface area contributed by atoms with Crippen LogP contribution in [0, 0.1) is 6.92 Å².